The van der Waals surface area contributed by atoms with Gasteiger partial charge in [0.1, 0.15) is 5.52 Å². The lowest BCUT2D eigenvalue weighted by Crippen LogP contribution is -2.37. The monoisotopic (exact) mass is 274 g/mol. The van der Waals surface area contributed by atoms with Crippen LogP contribution in [0.1, 0.15) is 12.8 Å². The zero-order valence-corrected chi connectivity index (χ0v) is 12.2. The molecular formula is C15H22N4O. The minimum absolute atomic E-state index is 0.681. The van der Waals surface area contributed by atoms with Crippen LogP contribution in [0.2, 0.25) is 0 Å². The molecule has 0 bridgehead atoms. The van der Waals surface area contributed by atoms with Crippen molar-refractivity contribution in [2.75, 3.05) is 44.4 Å². The van der Waals surface area contributed by atoms with Gasteiger partial charge in [0, 0.05) is 19.6 Å². The molecule has 1 aliphatic heterocycles. The number of nitrogens with two attached hydrogens (primary N) is 1. The molecule has 1 saturated heterocycles. The second-order valence-electron chi connectivity index (χ2n) is 5.88. The molecule has 5 heteroatoms. The molecule has 0 amide bonds. The average Bonchev–Trinajstić information content (AvgIpc) is 2.84. The summed E-state index contributed by atoms with van der Waals surface area (Å²) in [5.74, 6) is 0.774. The molecule has 2 aromatic rings. The minimum atomic E-state index is 0.681. The highest BCUT2D eigenvalue weighted by molar-refractivity contribution is 5.86. The number of nitrogen functional groups attached to an aromatic ring is 1. The maximum atomic E-state index is 5.93. The molecule has 0 radical (unpaired) electrons. The molecular weight excluding hydrogens is 252 g/mol. The van der Waals surface area contributed by atoms with Crippen LogP contribution < -0.4 is 10.6 Å². The molecule has 20 heavy (non-hydrogen) atoms. The first kappa shape index (κ1) is 13.2. The van der Waals surface area contributed by atoms with Gasteiger partial charge in [0.2, 0.25) is 0 Å². The lowest BCUT2D eigenvalue weighted by molar-refractivity contribution is 0.281. The van der Waals surface area contributed by atoms with E-state index in [9.17, 15) is 0 Å². The summed E-state index contributed by atoms with van der Waals surface area (Å²) in [7, 11) is 4.27. The van der Waals surface area contributed by atoms with Crippen LogP contribution in [-0.4, -0.2) is 43.6 Å². The number of para-hydroxylation sites is 1. The van der Waals surface area contributed by atoms with Gasteiger partial charge in [-0.1, -0.05) is 6.07 Å². The Hall–Kier alpha value is -1.75. The van der Waals surface area contributed by atoms with Gasteiger partial charge in [0.25, 0.3) is 6.01 Å². The Balaban J connectivity index is 1.72. The van der Waals surface area contributed by atoms with E-state index in [2.05, 4.69) is 28.9 Å². The Labute approximate surface area is 119 Å². The molecule has 1 aromatic carbocycles. The number of fused-ring (bicyclic) bond motifs is 1. The van der Waals surface area contributed by atoms with Gasteiger partial charge in [-0.05, 0) is 45.0 Å². The van der Waals surface area contributed by atoms with Crippen molar-refractivity contribution in [3.05, 3.63) is 18.2 Å². The van der Waals surface area contributed by atoms with Crippen LogP contribution in [0, 0.1) is 5.92 Å². The summed E-state index contributed by atoms with van der Waals surface area (Å²) in [5, 5.41) is 0. The molecule has 0 atom stereocenters. The van der Waals surface area contributed by atoms with E-state index in [1.54, 1.807) is 0 Å². The highest BCUT2D eigenvalue weighted by Crippen LogP contribution is 2.28. The lowest BCUT2D eigenvalue weighted by Gasteiger charge is -2.32. The average molecular weight is 274 g/mol. The van der Waals surface area contributed by atoms with E-state index in [1.807, 2.05) is 18.2 Å². The van der Waals surface area contributed by atoms with Gasteiger partial charge in [-0.25, -0.2) is 0 Å². The third kappa shape index (κ3) is 2.58. The van der Waals surface area contributed by atoms with Crippen LogP contribution in [0.4, 0.5) is 11.7 Å². The molecule has 3 rings (SSSR count). The van der Waals surface area contributed by atoms with Crippen LogP contribution in [0.3, 0.4) is 0 Å². The van der Waals surface area contributed by atoms with Crippen LogP contribution in [0.5, 0.6) is 0 Å². The van der Waals surface area contributed by atoms with E-state index >= 15 is 0 Å². The van der Waals surface area contributed by atoms with Crippen LogP contribution in [0.15, 0.2) is 22.6 Å². The number of oxazole rings is 1. The summed E-state index contributed by atoms with van der Waals surface area (Å²) >= 11 is 0. The van der Waals surface area contributed by atoms with Crippen molar-refractivity contribution in [1.82, 2.24) is 9.88 Å². The predicted molar refractivity (Wildman–Crippen MR) is 81.9 cm³/mol. The maximum Gasteiger partial charge on any atom is 0.298 e. The first-order valence-corrected chi connectivity index (χ1v) is 7.18. The van der Waals surface area contributed by atoms with Crippen molar-refractivity contribution in [1.29, 1.82) is 0 Å². The number of aromatic nitrogens is 1. The Morgan fingerprint density at radius 1 is 1.35 bits per heavy atom. The van der Waals surface area contributed by atoms with E-state index < -0.39 is 0 Å². The van der Waals surface area contributed by atoms with E-state index in [4.69, 9.17) is 10.2 Å². The van der Waals surface area contributed by atoms with Gasteiger partial charge in [-0.3, -0.25) is 0 Å². The quantitative estimate of drug-likeness (QED) is 0.869. The Morgan fingerprint density at radius 2 is 2.10 bits per heavy atom. The van der Waals surface area contributed by atoms with Crippen LogP contribution in [0.25, 0.3) is 11.1 Å². The number of benzene rings is 1. The summed E-state index contributed by atoms with van der Waals surface area (Å²) in [6, 6.07) is 6.38. The van der Waals surface area contributed by atoms with Gasteiger partial charge in [0.05, 0.1) is 5.69 Å². The predicted octanol–water partition coefficient (Wildman–Crippen LogP) is 2.19. The van der Waals surface area contributed by atoms with Crippen molar-refractivity contribution in [3.8, 4) is 0 Å². The van der Waals surface area contributed by atoms with E-state index in [-0.39, 0.29) is 0 Å². The van der Waals surface area contributed by atoms with Crippen molar-refractivity contribution in [3.63, 3.8) is 0 Å². The fourth-order valence-corrected chi connectivity index (χ4v) is 2.92. The van der Waals surface area contributed by atoms with Crippen molar-refractivity contribution in [2.45, 2.75) is 12.8 Å². The molecule has 5 nitrogen and oxygen atoms in total. The summed E-state index contributed by atoms with van der Waals surface area (Å²) in [4.78, 5) is 9.04. The van der Waals surface area contributed by atoms with Gasteiger partial charge in [-0.15, -0.1) is 0 Å². The zero-order chi connectivity index (χ0) is 14.1. The van der Waals surface area contributed by atoms with Crippen LogP contribution in [-0.2, 0) is 0 Å². The Bertz CT molecular complexity index is 585. The third-order valence-electron chi connectivity index (χ3n) is 3.95. The molecule has 0 aliphatic carbocycles. The lowest BCUT2D eigenvalue weighted by atomic mass is 9.97. The molecule has 1 aliphatic rings. The molecule has 2 heterocycles. The van der Waals surface area contributed by atoms with E-state index in [0.29, 0.717) is 11.7 Å². The van der Waals surface area contributed by atoms with Crippen molar-refractivity contribution in [2.24, 2.45) is 5.92 Å². The summed E-state index contributed by atoms with van der Waals surface area (Å²) in [6.07, 6.45) is 2.37. The molecule has 0 spiro atoms. The number of piperidine rings is 1. The van der Waals surface area contributed by atoms with Gasteiger partial charge >= 0.3 is 0 Å². The van der Waals surface area contributed by atoms with Gasteiger partial charge in [0.15, 0.2) is 5.58 Å². The summed E-state index contributed by atoms with van der Waals surface area (Å²) in [6.45, 7) is 3.17. The van der Waals surface area contributed by atoms with Gasteiger partial charge in [-0.2, -0.15) is 4.98 Å². The van der Waals surface area contributed by atoms with Crippen molar-refractivity contribution < 1.29 is 4.42 Å². The van der Waals surface area contributed by atoms with E-state index in [0.717, 1.165) is 36.7 Å². The standard InChI is InChI=1S/C15H22N4O/c1-18(2)10-11-6-8-19(9-7-11)15-17-14-12(16)4-3-5-13(14)20-15/h3-5,11H,6-10,16H2,1-2H3. The maximum absolute atomic E-state index is 5.93. The largest absolute Gasteiger partial charge is 0.423 e. The number of nitrogens with zero attached hydrogens (tertiary/aromatic N) is 3. The second kappa shape index (κ2) is 5.32. The highest BCUT2D eigenvalue weighted by Gasteiger charge is 2.23. The number of rotatable bonds is 3. The fraction of sp³-hybridized carbons (Fsp3) is 0.533. The van der Waals surface area contributed by atoms with Gasteiger partial charge < -0.3 is 20.0 Å². The van der Waals surface area contributed by atoms with E-state index in [1.165, 1.54) is 12.8 Å². The Morgan fingerprint density at radius 3 is 2.75 bits per heavy atom. The third-order valence-corrected chi connectivity index (χ3v) is 3.95. The highest BCUT2D eigenvalue weighted by atomic mass is 16.4. The van der Waals surface area contributed by atoms with Crippen LogP contribution >= 0.6 is 0 Å². The number of anilines is 2. The summed E-state index contributed by atoms with van der Waals surface area (Å²) < 4.78 is 5.83. The minimum Gasteiger partial charge on any atom is -0.423 e. The summed E-state index contributed by atoms with van der Waals surface area (Å²) in [5.41, 5.74) is 8.16. The molecule has 108 valence electrons. The molecule has 0 unspecified atom stereocenters. The molecule has 1 fully saturated rings. The topological polar surface area (TPSA) is 58.5 Å². The normalized spacial score (nSPS) is 17.2. The fourth-order valence-electron chi connectivity index (χ4n) is 2.92. The molecule has 0 saturated carbocycles. The second-order valence-corrected chi connectivity index (χ2v) is 5.88. The smallest absolute Gasteiger partial charge is 0.298 e. The Kier molecular flexibility index (Phi) is 3.53. The number of hydrogen-bond donors (Lipinski definition) is 1. The SMILES string of the molecule is CN(C)CC1CCN(c2nc3c(N)cccc3o2)CC1. The first-order valence-electron chi connectivity index (χ1n) is 7.18. The first-order chi connectivity index (χ1) is 9.63. The molecule has 2 N–H and O–H groups in total. The number of hydrogen-bond acceptors (Lipinski definition) is 5. The zero-order valence-electron chi connectivity index (χ0n) is 12.2. The van der Waals surface area contributed by atoms with Crippen molar-refractivity contribution >= 4 is 22.8 Å². The molecule has 1 aromatic heterocycles.